The summed E-state index contributed by atoms with van der Waals surface area (Å²) < 4.78 is 16.6. The van der Waals surface area contributed by atoms with Crippen molar-refractivity contribution in [3.05, 3.63) is 130 Å². The zero-order chi connectivity index (χ0) is 46.7. The van der Waals surface area contributed by atoms with Gasteiger partial charge in [-0.1, -0.05) is 6.92 Å². The van der Waals surface area contributed by atoms with E-state index in [9.17, 15) is 59.4 Å². The topological polar surface area (TPSA) is 284 Å². The van der Waals surface area contributed by atoms with Crippen molar-refractivity contribution in [2.24, 2.45) is 11.8 Å². The van der Waals surface area contributed by atoms with Crippen LogP contribution in [-0.4, -0.2) is 114 Å². The molecule has 22 nitrogen and oxygen atoms in total. The number of nitro groups is 3. The van der Waals surface area contributed by atoms with E-state index in [-0.39, 0.29) is 68.6 Å². The van der Waals surface area contributed by atoms with Crippen molar-refractivity contribution >= 4 is 58.8 Å². The molecule has 0 aromatic heterocycles. The number of carbonyl (C=O) groups excluding carboxylic acids is 5. The van der Waals surface area contributed by atoms with E-state index in [4.69, 9.17) is 14.2 Å². The van der Waals surface area contributed by atoms with E-state index in [1.54, 1.807) is 6.92 Å². The van der Waals surface area contributed by atoms with Gasteiger partial charge in [-0.05, 0) is 72.9 Å². The Morgan fingerprint density at radius 3 is 1.77 bits per heavy atom. The standard InChI is InChI=1S/C42H43N7O15S/c1-23-35-34(24(2)50)39(52)46(35)36(40(53)62-20-25-3-9-29(10-4-25)47(56)57)37(23)65-32-17-33(45(19-32)42(55)64-22-27-7-13-31(14-8-27)49(60)61)38(51)43-28-15-16-44(18-28)41(54)63-21-26-5-11-30(12-6-26)48(58)59/h3-14,23-24,28,32-35,50H,15-22H2,1-2H3,(H,43,51)/t23-,24-,28+,32+,33+,34-,35-/m1/s1. The second kappa shape index (κ2) is 19.3. The van der Waals surface area contributed by atoms with Gasteiger partial charge in [0.2, 0.25) is 11.8 Å². The van der Waals surface area contributed by atoms with Gasteiger partial charge in [-0.25, -0.2) is 14.4 Å². The summed E-state index contributed by atoms with van der Waals surface area (Å²) in [5.41, 5.74) is 0.984. The summed E-state index contributed by atoms with van der Waals surface area (Å²) in [5, 5.41) is 46.1. The van der Waals surface area contributed by atoms with Gasteiger partial charge in [0.25, 0.3) is 17.1 Å². The fraction of sp³-hybridized carbons (Fsp3) is 0.405. The van der Waals surface area contributed by atoms with Crippen molar-refractivity contribution in [1.82, 2.24) is 20.0 Å². The van der Waals surface area contributed by atoms with E-state index < -0.39 is 86.1 Å². The number of amides is 4. The normalized spacial score (nSPS) is 22.8. The quantitative estimate of drug-likeness (QED) is 0.0694. The van der Waals surface area contributed by atoms with Gasteiger partial charge in [0.1, 0.15) is 31.6 Å². The minimum absolute atomic E-state index is 0.0389. The highest BCUT2D eigenvalue weighted by Gasteiger charge is 2.60. The van der Waals surface area contributed by atoms with Crippen LogP contribution in [0, 0.1) is 42.2 Å². The number of hydrogen-bond donors (Lipinski definition) is 2. The van der Waals surface area contributed by atoms with E-state index >= 15 is 0 Å². The minimum Gasteiger partial charge on any atom is -0.456 e. The van der Waals surface area contributed by atoms with Gasteiger partial charge < -0.3 is 34.4 Å². The fourth-order valence-electron chi connectivity index (χ4n) is 8.35. The molecule has 4 aliphatic heterocycles. The summed E-state index contributed by atoms with van der Waals surface area (Å²) in [6, 6.07) is 14.1. The van der Waals surface area contributed by atoms with Gasteiger partial charge in [0.15, 0.2) is 0 Å². The van der Waals surface area contributed by atoms with Crippen molar-refractivity contribution in [2.75, 3.05) is 19.6 Å². The first-order chi connectivity index (χ1) is 31.0. The Bertz CT molecular complexity index is 2420. The number of β-lactam (4-membered cyclic amide) rings is 1. The Labute approximate surface area is 373 Å². The number of fused-ring (bicyclic) bond motifs is 1. The van der Waals surface area contributed by atoms with E-state index in [0.29, 0.717) is 28.0 Å². The van der Waals surface area contributed by atoms with E-state index in [0.717, 1.165) is 0 Å². The average molecular weight is 918 g/mol. The summed E-state index contributed by atoms with van der Waals surface area (Å²) in [6.07, 6.45) is -2.12. The van der Waals surface area contributed by atoms with Crippen LogP contribution in [0.2, 0.25) is 0 Å². The van der Waals surface area contributed by atoms with Gasteiger partial charge in [0.05, 0.1) is 32.8 Å². The number of ether oxygens (including phenoxy) is 3. The lowest BCUT2D eigenvalue weighted by molar-refractivity contribution is -0.385. The number of carbonyl (C=O) groups is 5. The van der Waals surface area contributed by atoms with Gasteiger partial charge >= 0.3 is 18.2 Å². The number of likely N-dealkylation sites (tertiary alicyclic amines) is 2. The molecule has 3 saturated heterocycles. The lowest BCUT2D eigenvalue weighted by Crippen LogP contribution is -2.63. The summed E-state index contributed by atoms with van der Waals surface area (Å²) in [7, 11) is 0. The first kappa shape index (κ1) is 45.9. The number of nitrogens with zero attached hydrogens (tertiary/aromatic N) is 6. The maximum Gasteiger partial charge on any atom is 0.410 e. The van der Waals surface area contributed by atoms with Crippen LogP contribution >= 0.6 is 11.8 Å². The maximum absolute atomic E-state index is 14.1. The molecule has 3 aromatic rings. The number of nitrogens with one attached hydrogen (secondary N) is 1. The maximum atomic E-state index is 14.1. The number of benzene rings is 3. The van der Waals surface area contributed by atoms with E-state index in [1.165, 1.54) is 106 Å². The molecule has 0 bridgehead atoms. The third kappa shape index (κ3) is 9.99. The summed E-state index contributed by atoms with van der Waals surface area (Å²) in [5.74, 6) is -3.15. The average Bonchev–Trinajstić information content (AvgIpc) is 3.99. The van der Waals surface area contributed by atoms with Crippen LogP contribution < -0.4 is 5.32 Å². The van der Waals surface area contributed by atoms with Crippen LogP contribution in [0.5, 0.6) is 0 Å². The first-order valence-corrected chi connectivity index (χ1v) is 21.3. The molecule has 3 aromatic carbocycles. The number of aliphatic hydroxyl groups excluding tert-OH is 1. The summed E-state index contributed by atoms with van der Waals surface area (Å²) >= 11 is 1.20. The molecule has 23 heteroatoms. The molecule has 4 heterocycles. The van der Waals surface area contributed by atoms with Crippen LogP contribution in [0.4, 0.5) is 26.7 Å². The number of hydrogen-bond acceptors (Lipinski definition) is 16. The van der Waals surface area contributed by atoms with Crippen molar-refractivity contribution in [1.29, 1.82) is 0 Å². The second-order valence-corrected chi connectivity index (χ2v) is 17.3. The molecule has 7 atom stereocenters. The summed E-state index contributed by atoms with van der Waals surface area (Å²) in [6.45, 7) is 2.89. The van der Waals surface area contributed by atoms with Crippen LogP contribution in [-0.2, 0) is 48.4 Å². The van der Waals surface area contributed by atoms with E-state index in [1.807, 2.05) is 0 Å². The van der Waals surface area contributed by atoms with Crippen LogP contribution in [0.25, 0.3) is 0 Å². The molecule has 3 fully saturated rings. The smallest absolute Gasteiger partial charge is 0.410 e. The molecule has 0 unspecified atom stereocenters. The molecular formula is C42H43N7O15S. The highest BCUT2D eigenvalue weighted by Crippen LogP contribution is 2.52. The molecule has 0 spiro atoms. The molecule has 0 saturated carbocycles. The van der Waals surface area contributed by atoms with Gasteiger partial charge in [-0.15, -0.1) is 11.8 Å². The third-order valence-electron chi connectivity index (χ3n) is 11.7. The fourth-order valence-corrected chi connectivity index (χ4v) is 9.87. The number of non-ortho nitro benzene ring substituents is 3. The van der Waals surface area contributed by atoms with Crippen molar-refractivity contribution in [3.8, 4) is 0 Å². The number of aliphatic hydroxyl groups is 1. The molecule has 4 amide bonds. The SMILES string of the molecule is C[C@@H](O)[C@H]1C(=O)N2C(C(=O)OCc3ccc([N+](=O)[O-])cc3)=C(S[C@H]3C[C@@H](C(=O)N[C@H]4CCN(C(=O)OCc5ccc([N+](=O)[O-])cc5)C4)N(C(=O)OCc4ccc([N+](=O)[O-])cc4)C3)[C@H](C)[C@H]12. The predicted molar refractivity (Wildman–Crippen MR) is 226 cm³/mol. The van der Waals surface area contributed by atoms with Gasteiger partial charge in [0, 0.05) is 78.1 Å². The van der Waals surface area contributed by atoms with Gasteiger partial charge in [-0.2, -0.15) is 0 Å². The molecule has 342 valence electrons. The number of esters is 1. The van der Waals surface area contributed by atoms with Crippen molar-refractivity contribution in [3.63, 3.8) is 0 Å². The Kier molecular flexibility index (Phi) is 13.6. The van der Waals surface area contributed by atoms with Crippen molar-refractivity contribution in [2.45, 2.75) is 76.0 Å². The lowest BCUT2D eigenvalue weighted by Gasteiger charge is -2.46. The highest BCUT2D eigenvalue weighted by atomic mass is 32.2. The Morgan fingerprint density at radius 1 is 0.785 bits per heavy atom. The zero-order valence-corrected chi connectivity index (χ0v) is 35.7. The predicted octanol–water partition coefficient (Wildman–Crippen LogP) is 4.56. The molecule has 2 N–H and O–H groups in total. The first-order valence-electron chi connectivity index (χ1n) is 20.4. The monoisotopic (exact) mass is 917 g/mol. The Morgan fingerprint density at radius 2 is 1.28 bits per heavy atom. The van der Waals surface area contributed by atoms with Crippen molar-refractivity contribution < 1.29 is 58.1 Å². The zero-order valence-electron chi connectivity index (χ0n) is 34.9. The third-order valence-corrected chi connectivity index (χ3v) is 13.2. The molecule has 0 radical (unpaired) electrons. The number of thioether (sulfide) groups is 1. The molecule has 0 aliphatic carbocycles. The largest absolute Gasteiger partial charge is 0.456 e. The van der Waals surface area contributed by atoms with Gasteiger partial charge in [-0.3, -0.25) is 44.8 Å². The minimum atomic E-state index is -1.10. The molecule has 65 heavy (non-hydrogen) atoms. The van der Waals surface area contributed by atoms with Crippen LogP contribution in [0.1, 0.15) is 43.4 Å². The summed E-state index contributed by atoms with van der Waals surface area (Å²) in [4.78, 5) is 104. The highest BCUT2D eigenvalue weighted by molar-refractivity contribution is 8.03. The van der Waals surface area contributed by atoms with E-state index in [2.05, 4.69) is 5.32 Å². The Hall–Kier alpha value is -7.14. The number of nitro benzene ring substituents is 3. The molecule has 7 rings (SSSR count). The lowest BCUT2D eigenvalue weighted by atomic mass is 9.79. The second-order valence-electron chi connectivity index (χ2n) is 16.0. The Balaban J connectivity index is 1.06. The van der Waals surface area contributed by atoms with Crippen LogP contribution in [0.15, 0.2) is 83.4 Å². The molecule has 4 aliphatic rings. The number of rotatable bonds is 15. The van der Waals surface area contributed by atoms with Crippen LogP contribution in [0.3, 0.4) is 0 Å². The molecular weight excluding hydrogens is 875 g/mol.